The fourth-order valence-corrected chi connectivity index (χ4v) is 3.89. The van der Waals surface area contributed by atoms with Crippen LogP contribution in [0.15, 0.2) is 18.2 Å². The molecule has 0 amide bonds. The summed E-state index contributed by atoms with van der Waals surface area (Å²) >= 11 is 6.58. The van der Waals surface area contributed by atoms with Crippen LogP contribution in [0.5, 0.6) is 0 Å². The average molecular weight is 279 g/mol. The van der Waals surface area contributed by atoms with E-state index in [2.05, 4.69) is 45.9 Å². The first-order chi connectivity index (χ1) is 8.95. The Bertz CT molecular complexity index is 401. The standard InChI is InChI=1S/C18H27Cl/c1-12(2)16-5-6-18(19)17(11-16)10-15-8-13(3)7-14(4)9-15/h7-9,12,16-18H,5-6,10-11H2,1-4H3. The van der Waals surface area contributed by atoms with E-state index in [0.717, 1.165) is 18.3 Å². The number of rotatable bonds is 3. The Morgan fingerprint density at radius 3 is 2.32 bits per heavy atom. The molecule has 2 rings (SSSR count). The Labute approximate surface area is 123 Å². The molecule has 1 aliphatic rings. The maximum atomic E-state index is 6.58. The molecule has 0 spiro atoms. The van der Waals surface area contributed by atoms with E-state index in [-0.39, 0.29) is 0 Å². The Kier molecular flexibility index (Phi) is 4.95. The summed E-state index contributed by atoms with van der Waals surface area (Å²) < 4.78 is 0. The molecular formula is C18H27Cl. The lowest BCUT2D eigenvalue weighted by Gasteiger charge is -2.35. The van der Waals surface area contributed by atoms with Crippen LogP contribution >= 0.6 is 11.6 Å². The Balaban J connectivity index is 2.07. The summed E-state index contributed by atoms with van der Waals surface area (Å²) in [6, 6.07) is 6.91. The molecule has 1 aromatic carbocycles. The van der Waals surface area contributed by atoms with Gasteiger partial charge in [-0.2, -0.15) is 0 Å². The zero-order valence-electron chi connectivity index (χ0n) is 12.7. The summed E-state index contributed by atoms with van der Waals surface area (Å²) in [6.45, 7) is 9.08. The van der Waals surface area contributed by atoms with Gasteiger partial charge in [0.15, 0.2) is 0 Å². The molecule has 1 heteroatoms. The van der Waals surface area contributed by atoms with Gasteiger partial charge in [0.05, 0.1) is 0 Å². The van der Waals surface area contributed by atoms with Crippen LogP contribution in [0, 0.1) is 31.6 Å². The molecule has 1 fully saturated rings. The van der Waals surface area contributed by atoms with Gasteiger partial charge in [-0.25, -0.2) is 0 Å². The monoisotopic (exact) mass is 278 g/mol. The van der Waals surface area contributed by atoms with E-state index in [1.807, 2.05) is 0 Å². The Hall–Kier alpha value is -0.490. The van der Waals surface area contributed by atoms with Gasteiger partial charge in [0.2, 0.25) is 0 Å². The predicted molar refractivity (Wildman–Crippen MR) is 84.9 cm³/mol. The molecule has 106 valence electrons. The van der Waals surface area contributed by atoms with E-state index in [1.54, 1.807) is 0 Å². The zero-order chi connectivity index (χ0) is 14.0. The lowest BCUT2D eigenvalue weighted by molar-refractivity contribution is 0.218. The summed E-state index contributed by atoms with van der Waals surface area (Å²) in [7, 11) is 0. The normalized spacial score (nSPS) is 27.8. The quantitative estimate of drug-likeness (QED) is 0.638. The second kappa shape index (κ2) is 6.31. The van der Waals surface area contributed by atoms with Gasteiger partial charge in [0.25, 0.3) is 0 Å². The molecule has 0 heterocycles. The van der Waals surface area contributed by atoms with Crippen molar-refractivity contribution in [2.24, 2.45) is 17.8 Å². The lowest BCUT2D eigenvalue weighted by Crippen LogP contribution is -2.29. The van der Waals surface area contributed by atoms with Crippen molar-refractivity contribution in [2.45, 2.75) is 58.8 Å². The van der Waals surface area contributed by atoms with Crippen molar-refractivity contribution >= 4 is 11.6 Å². The number of hydrogen-bond acceptors (Lipinski definition) is 0. The van der Waals surface area contributed by atoms with Crippen molar-refractivity contribution in [2.75, 3.05) is 0 Å². The molecule has 0 nitrogen and oxygen atoms in total. The third-order valence-corrected chi connectivity index (χ3v) is 5.23. The Morgan fingerprint density at radius 2 is 1.74 bits per heavy atom. The summed E-state index contributed by atoms with van der Waals surface area (Å²) in [5.74, 6) is 2.32. The van der Waals surface area contributed by atoms with Gasteiger partial charge >= 0.3 is 0 Å². The Morgan fingerprint density at radius 1 is 1.11 bits per heavy atom. The first kappa shape index (κ1) is 14.9. The minimum absolute atomic E-state index is 0.371. The summed E-state index contributed by atoms with van der Waals surface area (Å²) in [4.78, 5) is 0. The third kappa shape index (κ3) is 3.99. The molecule has 19 heavy (non-hydrogen) atoms. The van der Waals surface area contributed by atoms with Crippen LogP contribution in [0.3, 0.4) is 0 Å². The number of aryl methyl sites for hydroxylation is 2. The summed E-state index contributed by atoms with van der Waals surface area (Å²) in [6.07, 6.45) is 4.97. The predicted octanol–water partition coefficient (Wildman–Crippen LogP) is 5.53. The zero-order valence-corrected chi connectivity index (χ0v) is 13.5. The fraction of sp³-hybridized carbons (Fsp3) is 0.667. The highest BCUT2D eigenvalue weighted by Gasteiger charge is 2.30. The van der Waals surface area contributed by atoms with E-state index in [1.165, 1.54) is 36.0 Å². The molecule has 0 aromatic heterocycles. The molecule has 3 unspecified atom stereocenters. The van der Waals surface area contributed by atoms with Gasteiger partial charge in [0.1, 0.15) is 0 Å². The van der Waals surface area contributed by atoms with Gasteiger partial charge in [-0.15, -0.1) is 11.6 Å². The van der Waals surface area contributed by atoms with Crippen LogP contribution < -0.4 is 0 Å². The van der Waals surface area contributed by atoms with Crippen LogP contribution in [0.2, 0.25) is 0 Å². The minimum Gasteiger partial charge on any atom is -0.123 e. The first-order valence-electron chi connectivity index (χ1n) is 7.67. The highest BCUT2D eigenvalue weighted by Crippen LogP contribution is 2.38. The van der Waals surface area contributed by atoms with Crippen LogP contribution in [-0.2, 0) is 6.42 Å². The number of benzene rings is 1. The van der Waals surface area contributed by atoms with E-state index < -0.39 is 0 Å². The maximum absolute atomic E-state index is 6.58. The van der Waals surface area contributed by atoms with Gasteiger partial charge in [-0.1, -0.05) is 43.2 Å². The summed E-state index contributed by atoms with van der Waals surface area (Å²) in [5, 5.41) is 0.371. The third-order valence-electron chi connectivity index (χ3n) is 4.65. The SMILES string of the molecule is Cc1cc(C)cc(CC2CC(C(C)C)CCC2Cl)c1. The lowest BCUT2D eigenvalue weighted by atomic mass is 9.74. The smallest absolute Gasteiger partial charge is 0.0367 e. The topological polar surface area (TPSA) is 0 Å². The van der Waals surface area contributed by atoms with E-state index in [0.29, 0.717) is 11.3 Å². The maximum Gasteiger partial charge on any atom is 0.0367 e. The number of alkyl halides is 1. The average Bonchev–Trinajstić information content (AvgIpc) is 2.30. The largest absolute Gasteiger partial charge is 0.123 e. The number of halogens is 1. The molecule has 1 saturated carbocycles. The van der Waals surface area contributed by atoms with E-state index in [4.69, 9.17) is 11.6 Å². The minimum atomic E-state index is 0.371. The van der Waals surface area contributed by atoms with Gasteiger partial charge in [0, 0.05) is 5.38 Å². The molecule has 0 radical (unpaired) electrons. The molecule has 0 aliphatic heterocycles. The van der Waals surface area contributed by atoms with Gasteiger partial charge in [-0.3, -0.25) is 0 Å². The van der Waals surface area contributed by atoms with Crippen molar-refractivity contribution in [3.63, 3.8) is 0 Å². The highest BCUT2D eigenvalue weighted by molar-refractivity contribution is 6.20. The van der Waals surface area contributed by atoms with Crippen molar-refractivity contribution in [3.05, 3.63) is 34.9 Å². The van der Waals surface area contributed by atoms with Gasteiger partial charge in [-0.05, 0) is 62.8 Å². The molecule has 1 aliphatic carbocycles. The first-order valence-corrected chi connectivity index (χ1v) is 8.10. The number of hydrogen-bond donors (Lipinski definition) is 0. The van der Waals surface area contributed by atoms with Crippen LogP contribution in [0.1, 0.15) is 49.8 Å². The highest BCUT2D eigenvalue weighted by atomic mass is 35.5. The molecule has 0 saturated heterocycles. The molecular weight excluding hydrogens is 252 g/mol. The van der Waals surface area contributed by atoms with E-state index >= 15 is 0 Å². The second-order valence-electron chi connectivity index (χ2n) is 6.79. The summed E-state index contributed by atoms with van der Waals surface area (Å²) in [5.41, 5.74) is 4.22. The van der Waals surface area contributed by atoms with Crippen molar-refractivity contribution in [3.8, 4) is 0 Å². The molecule has 1 aromatic rings. The van der Waals surface area contributed by atoms with Crippen molar-refractivity contribution < 1.29 is 0 Å². The van der Waals surface area contributed by atoms with Crippen molar-refractivity contribution in [1.29, 1.82) is 0 Å². The second-order valence-corrected chi connectivity index (χ2v) is 7.35. The molecule has 3 atom stereocenters. The van der Waals surface area contributed by atoms with Crippen molar-refractivity contribution in [1.82, 2.24) is 0 Å². The van der Waals surface area contributed by atoms with Crippen LogP contribution in [0.4, 0.5) is 0 Å². The van der Waals surface area contributed by atoms with Gasteiger partial charge < -0.3 is 0 Å². The van der Waals surface area contributed by atoms with E-state index in [9.17, 15) is 0 Å². The van der Waals surface area contributed by atoms with Crippen LogP contribution in [-0.4, -0.2) is 5.38 Å². The molecule has 0 N–H and O–H groups in total. The fourth-order valence-electron chi connectivity index (χ4n) is 3.57. The van der Waals surface area contributed by atoms with Crippen LogP contribution in [0.25, 0.3) is 0 Å². The molecule has 0 bridgehead atoms.